The highest BCUT2D eigenvalue weighted by Gasteiger charge is 2.25. The third kappa shape index (κ3) is 4.58. The minimum Gasteiger partial charge on any atom is -0.506 e. The fraction of sp³-hybridized carbons (Fsp3) is 0.316. The third-order valence-electron chi connectivity index (χ3n) is 4.51. The maximum absolute atomic E-state index is 13.3. The zero-order valence-corrected chi connectivity index (χ0v) is 15.3. The number of halogens is 2. The largest absolute Gasteiger partial charge is 0.506 e. The van der Waals surface area contributed by atoms with E-state index in [1.54, 1.807) is 36.4 Å². The van der Waals surface area contributed by atoms with Crippen LogP contribution in [0.25, 0.3) is 0 Å². The third-order valence-corrected chi connectivity index (χ3v) is 5.12. The van der Waals surface area contributed by atoms with Crippen molar-refractivity contribution in [3.63, 3.8) is 0 Å². The number of piperidine rings is 1. The van der Waals surface area contributed by atoms with Crippen molar-refractivity contribution in [2.45, 2.75) is 19.4 Å². The lowest BCUT2D eigenvalue weighted by atomic mass is 9.95. The summed E-state index contributed by atoms with van der Waals surface area (Å²) in [6, 6.07) is 11.8. The van der Waals surface area contributed by atoms with Gasteiger partial charge in [0.1, 0.15) is 11.6 Å². The minimum absolute atomic E-state index is 0.0503. The first-order valence-electron chi connectivity index (χ1n) is 8.28. The smallest absolute Gasteiger partial charge is 0.227 e. The molecule has 0 aromatic heterocycles. The maximum Gasteiger partial charge on any atom is 0.227 e. The molecule has 0 bridgehead atoms. The van der Waals surface area contributed by atoms with Gasteiger partial charge in [-0.15, -0.1) is 0 Å². The number of hydrogen-bond donors (Lipinski definition) is 2. The van der Waals surface area contributed by atoms with Gasteiger partial charge in [-0.2, -0.15) is 0 Å². The van der Waals surface area contributed by atoms with Gasteiger partial charge in [0.25, 0.3) is 0 Å². The molecule has 0 spiro atoms. The summed E-state index contributed by atoms with van der Waals surface area (Å²) in [4.78, 5) is 14.6. The monoisotopic (exact) mass is 406 g/mol. The van der Waals surface area contributed by atoms with Crippen molar-refractivity contribution in [1.82, 2.24) is 4.90 Å². The number of amides is 1. The first-order valence-corrected chi connectivity index (χ1v) is 9.07. The van der Waals surface area contributed by atoms with Gasteiger partial charge in [-0.25, -0.2) is 4.39 Å². The molecule has 0 radical (unpaired) electrons. The maximum atomic E-state index is 13.3. The zero-order valence-electron chi connectivity index (χ0n) is 13.7. The van der Waals surface area contributed by atoms with Crippen LogP contribution in [0.5, 0.6) is 5.75 Å². The van der Waals surface area contributed by atoms with Crippen LogP contribution in [0.15, 0.2) is 46.9 Å². The fourth-order valence-electron chi connectivity index (χ4n) is 3.06. The highest BCUT2D eigenvalue weighted by molar-refractivity contribution is 9.10. The molecule has 2 aromatic carbocycles. The van der Waals surface area contributed by atoms with Crippen LogP contribution < -0.4 is 5.32 Å². The summed E-state index contributed by atoms with van der Waals surface area (Å²) >= 11 is 3.21. The quantitative estimate of drug-likeness (QED) is 0.749. The Hall–Kier alpha value is -1.92. The number of rotatable bonds is 4. The van der Waals surface area contributed by atoms with Gasteiger partial charge in [0.2, 0.25) is 5.91 Å². The lowest BCUT2D eigenvalue weighted by Gasteiger charge is -2.31. The Bertz CT molecular complexity index is 761. The molecule has 1 amide bonds. The van der Waals surface area contributed by atoms with Crippen LogP contribution in [0.2, 0.25) is 0 Å². The molecule has 2 aromatic rings. The number of anilines is 1. The van der Waals surface area contributed by atoms with Gasteiger partial charge in [-0.3, -0.25) is 9.69 Å². The molecule has 4 nitrogen and oxygen atoms in total. The van der Waals surface area contributed by atoms with Gasteiger partial charge in [0, 0.05) is 12.5 Å². The van der Waals surface area contributed by atoms with Crippen molar-refractivity contribution in [2.24, 2.45) is 5.92 Å². The number of benzene rings is 2. The van der Waals surface area contributed by atoms with E-state index in [1.807, 2.05) is 0 Å². The summed E-state index contributed by atoms with van der Waals surface area (Å²) in [7, 11) is 0. The van der Waals surface area contributed by atoms with Crippen LogP contribution >= 0.6 is 15.9 Å². The number of nitrogens with zero attached hydrogens (tertiary/aromatic N) is 1. The van der Waals surface area contributed by atoms with Gasteiger partial charge >= 0.3 is 0 Å². The number of hydrogen-bond acceptors (Lipinski definition) is 3. The van der Waals surface area contributed by atoms with E-state index >= 15 is 0 Å². The van der Waals surface area contributed by atoms with Crippen molar-refractivity contribution < 1.29 is 14.3 Å². The average molecular weight is 407 g/mol. The number of phenolic OH excluding ortho intramolecular Hbond substituents is 1. The fourth-order valence-corrected chi connectivity index (χ4v) is 3.49. The molecule has 3 rings (SSSR count). The molecule has 2 N–H and O–H groups in total. The first kappa shape index (κ1) is 17.9. The van der Waals surface area contributed by atoms with Crippen molar-refractivity contribution in [2.75, 3.05) is 18.4 Å². The van der Waals surface area contributed by atoms with E-state index in [4.69, 9.17) is 0 Å². The SMILES string of the molecule is O=C(Nc1ccccc1O)C1CCN(Cc2ccc(F)c(Br)c2)CC1. The summed E-state index contributed by atoms with van der Waals surface area (Å²) in [5.41, 5.74) is 1.50. The zero-order chi connectivity index (χ0) is 17.8. The van der Waals surface area contributed by atoms with Crippen molar-refractivity contribution >= 4 is 27.5 Å². The number of para-hydroxylation sites is 2. The minimum atomic E-state index is -0.261. The number of nitrogens with one attached hydrogen (secondary N) is 1. The van der Waals surface area contributed by atoms with Crippen LogP contribution in [0.3, 0.4) is 0 Å². The normalized spacial score (nSPS) is 15.9. The molecule has 1 saturated heterocycles. The number of aromatic hydroxyl groups is 1. The number of phenols is 1. The van der Waals surface area contributed by atoms with Crippen molar-refractivity contribution in [1.29, 1.82) is 0 Å². The van der Waals surface area contributed by atoms with Crippen LogP contribution in [-0.2, 0) is 11.3 Å². The molecule has 6 heteroatoms. The second kappa shape index (κ2) is 7.97. The lowest BCUT2D eigenvalue weighted by Crippen LogP contribution is -2.37. The molecule has 1 aliphatic rings. The van der Waals surface area contributed by atoms with E-state index < -0.39 is 0 Å². The molecular weight excluding hydrogens is 387 g/mol. The van der Waals surface area contributed by atoms with Gasteiger partial charge < -0.3 is 10.4 Å². The van der Waals surface area contributed by atoms with E-state index in [9.17, 15) is 14.3 Å². The summed E-state index contributed by atoms with van der Waals surface area (Å²) < 4.78 is 13.8. The van der Waals surface area contributed by atoms with E-state index in [2.05, 4.69) is 26.1 Å². The average Bonchev–Trinajstić information content (AvgIpc) is 2.61. The molecular formula is C19H20BrFN2O2. The number of carbonyl (C=O) groups is 1. The van der Waals surface area contributed by atoms with E-state index in [1.165, 1.54) is 6.07 Å². The van der Waals surface area contributed by atoms with Gasteiger partial charge in [0.05, 0.1) is 10.2 Å². The Morgan fingerprint density at radius 2 is 1.96 bits per heavy atom. The second-order valence-electron chi connectivity index (χ2n) is 6.31. The topological polar surface area (TPSA) is 52.6 Å². The summed E-state index contributed by atoms with van der Waals surface area (Å²) in [6.07, 6.45) is 1.53. The molecule has 0 saturated carbocycles. The molecule has 1 aliphatic heterocycles. The molecule has 132 valence electrons. The highest BCUT2D eigenvalue weighted by atomic mass is 79.9. The van der Waals surface area contributed by atoms with Crippen molar-refractivity contribution in [3.8, 4) is 5.75 Å². The van der Waals surface area contributed by atoms with Gasteiger partial charge in [-0.1, -0.05) is 18.2 Å². The predicted molar refractivity (Wildman–Crippen MR) is 98.8 cm³/mol. The molecule has 0 aliphatic carbocycles. The van der Waals surface area contributed by atoms with Crippen molar-refractivity contribution in [3.05, 3.63) is 58.3 Å². The Morgan fingerprint density at radius 3 is 2.64 bits per heavy atom. The first-order chi connectivity index (χ1) is 12.0. The Balaban J connectivity index is 1.52. The Morgan fingerprint density at radius 1 is 1.24 bits per heavy atom. The Kier molecular flexibility index (Phi) is 5.71. The van der Waals surface area contributed by atoms with E-state index in [0.29, 0.717) is 10.2 Å². The molecule has 25 heavy (non-hydrogen) atoms. The van der Waals surface area contributed by atoms with Gasteiger partial charge in [0.15, 0.2) is 0 Å². The lowest BCUT2D eigenvalue weighted by molar-refractivity contribution is -0.121. The van der Waals surface area contributed by atoms with E-state index in [0.717, 1.165) is 38.0 Å². The summed E-state index contributed by atoms with van der Waals surface area (Å²) in [5.74, 6) is -0.292. The summed E-state index contributed by atoms with van der Waals surface area (Å²) in [6.45, 7) is 2.37. The van der Waals surface area contributed by atoms with Crippen LogP contribution in [0.4, 0.5) is 10.1 Å². The Labute approximate surface area is 154 Å². The molecule has 1 fully saturated rings. The van der Waals surface area contributed by atoms with Crippen LogP contribution in [-0.4, -0.2) is 29.0 Å². The summed E-state index contributed by atoms with van der Waals surface area (Å²) in [5, 5.41) is 12.6. The standard InChI is InChI=1S/C19H20BrFN2O2/c20-15-11-13(5-6-16(15)21)12-23-9-7-14(8-10-23)19(25)22-17-3-1-2-4-18(17)24/h1-6,11,14,24H,7-10,12H2,(H,22,25). The molecule has 1 heterocycles. The van der Waals surface area contributed by atoms with Crippen LogP contribution in [0, 0.1) is 11.7 Å². The molecule has 0 atom stereocenters. The van der Waals surface area contributed by atoms with Gasteiger partial charge in [-0.05, 0) is 71.7 Å². The number of likely N-dealkylation sites (tertiary alicyclic amines) is 1. The highest BCUT2D eigenvalue weighted by Crippen LogP contribution is 2.25. The van der Waals surface area contributed by atoms with E-state index in [-0.39, 0.29) is 23.4 Å². The molecule has 0 unspecified atom stereocenters. The predicted octanol–water partition coefficient (Wildman–Crippen LogP) is 4.14. The number of carbonyl (C=O) groups excluding carboxylic acids is 1. The van der Waals surface area contributed by atoms with Crippen LogP contribution in [0.1, 0.15) is 18.4 Å². The second-order valence-corrected chi connectivity index (χ2v) is 7.16.